The Kier molecular flexibility index (Phi) is 9.91. The van der Waals surface area contributed by atoms with Crippen molar-refractivity contribution >= 4 is 28.6 Å². The van der Waals surface area contributed by atoms with Crippen LogP contribution in [0, 0.1) is 22.9 Å². The van der Waals surface area contributed by atoms with E-state index in [-0.39, 0.29) is 23.3 Å². The lowest BCUT2D eigenvalue weighted by Crippen LogP contribution is -2.42. The van der Waals surface area contributed by atoms with Gasteiger partial charge in [-0.05, 0) is 74.0 Å². The number of carboxylic acids is 1. The molecular weight excluding hydrogens is 548 g/mol. The highest BCUT2D eigenvalue weighted by molar-refractivity contribution is 7.99. The molecule has 1 saturated heterocycles. The van der Waals surface area contributed by atoms with E-state index in [0.717, 1.165) is 17.8 Å². The van der Waals surface area contributed by atoms with Gasteiger partial charge >= 0.3 is 5.97 Å². The number of benzene rings is 2. The summed E-state index contributed by atoms with van der Waals surface area (Å²) in [7, 11) is 1.52. The molecule has 3 aromatic rings. The summed E-state index contributed by atoms with van der Waals surface area (Å²) >= 11 is 1.03. The first-order valence-electron chi connectivity index (χ1n) is 13.1. The lowest BCUT2D eigenvalue weighted by molar-refractivity contribution is -0.141. The second kappa shape index (κ2) is 13.2. The number of aromatic nitrogens is 1. The smallest absolute Gasteiger partial charge is 0.303 e. The highest BCUT2D eigenvalue weighted by atomic mass is 32.2. The molecule has 11 heteroatoms. The summed E-state index contributed by atoms with van der Waals surface area (Å²) < 4.78 is 60.0. The van der Waals surface area contributed by atoms with E-state index in [4.69, 9.17) is 4.74 Å². The number of carboxylic acid groups (broad SMARTS) is 1. The Bertz CT molecular complexity index is 1350. The normalized spacial score (nSPS) is 16.2. The number of hydrogen-bond acceptors (Lipinski definition) is 6. The van der Waals surface area contributed by atoms with Gasteiger partial charge in [0.2, 0.25) is 0 Å². The number of aliphatic hydroxyl groups is 1. The average molecular weight is 581 g/mol. The summed E-state index contributed by atoms with van der Waals surface area (Å²) in [4.78, 5) is 18.1. The van der Waals surface area contributed by atoms with Gasteiger partial charge in [0.25, 0.3) is 0 Å². The van der Waals surface area contributed by atoms with Gasteiger partial charge in [0, 0.05) is 40.4 Å². The highest BCUT2D eigenvalue weighted by Crippen LogP contribution is 2.42. The number of ether oxygens (including phenoxy) is 1. The van der Waals surface area contributed by atoms with E-state index in [1.807, 2.05) is 0 Å². The summed E-state index contributed by atoms with van der Waals surface area (Å²) in [6, 6.07) is 6.68. The van der Waals surface area contributed by atoms with E-state index >= 15 is 0 Å². The minimum Gasteiger partial charge on any atom is -0.497 e. The molecule has 6 nitrogen and oxygen atoms in total. The van der Waals surface area contributed by atoms with Gasteiger partial charge in [-0.3, -0.25) is 9.78 Å². The first-order chi connectivity index (χ1) is 19.1. The fourth-order valence-corrected chi connectivity index (χ4v) is 6.45. The zero-order valence-corrected chi connectivity index (χ0v) is 23.0. The fourth-order valence-electron chi connectivity index (χ4n) is 5.46. The molecule has 1 fully saturated rings. The van der Waals surface area contributed by atoms with Gasteiger partial charge in [-0.15, -0.1) is 11.8 Å². The first kappa shape index (κ1) is 30.1. The Morgan fingerprint density at radius 3 is 2.62 bits per heavy atom. The number of aliphatic carboxylic acids is 1. The van der Waals surface area contributed by atoms with Gasteiger partial charge in [0.1, 0.15) is 18.2 Å². The number of halogens is 4. The number of alkyl halides is 1. The van der Waals surface area contributed by atoms with Crippen LogP contribution >= 0.6 is 11.8 Å². The molecule has 0 saturated carbocycles. The van der Waals surface area contributed by atoms with Crippen molar-refractivity contribution < 1.29 is 37.3 Å². The molecule has 216 valence electrons. The molecular formula is C29H32F4N2O4S. The number of thioether (sulfide) groups is 1. The lowest BCUT2D eigenvalue weighted by atomic mass is 9.71. The third-order valence-electron chi connectivity index (χ3n) is 7.69. The Morgan fingerprint density at radius 1 is 1.20 bits per heavy atom. The van der Waals surface area contributed by atoms with Gasteiger partial charge in [-0.1, -0.05) is 0 Å². The zero-order valence-electron chi connectivity index (χ0n) is 22.1. The topological polar surface area (TPSA) is 82.9 Å². The number of hydrogen-bond donors (Lipinski definition) is 2. The van der Waals surface area contributed by atoms with Crippen molar-refractivity contribution in [2.24, 2.45) is 5.41 Å². The lowest BCUT2D eigenvalue weighted by Gasteiger charge is -2.41. The number of carbonyl (C=O) groups is 1. The van der Waals surface area contributed by atoms with Crippen LogP contribution in [0.25, 0.3) is 10.9 Å². The van der Waals surface area contributed by atoms with Crippen LogP contribution in [0.5, 0.6) is 5.75 Å². The second-order valence-corrected chi connectivity index (χ2v) is 11.4. The van der Waals surface area contributed by atoms with Crippen molar-refractivity contribution in [1.82, 2.24) is 9.88 Å². The van der Waals surface area contributed by atoms with Crippen LogP contribution in [0.1, 0.15) is 49.3 Å². The summed E-state index contributed by atoms with van der Waals surface area (Å²) in [5.41, 5.74) is 0.763. The van der Waals surface area contributed by atoms with Crippen molar-refractivity contribution in [1.29, 1.82) is 0 Å². The number of rotatable bonds is 12. The number of pyridine rings is 1. The maximum absolute atomic E-state index is 13.9. The second-order valence-electron chi connectivity index (χ2n) is 10.2. The van der Waals surface area contributed by atoms with Gasteiger partial charge in [-0.2, -0.15) is 0 Å². The van der Waals surface area contributed by atoms with Crippen LogP contribution in [0.3, 0.4) is 0 Å². The SMILES string of the molecule is COc1ccc2ncc(CF)c(C(O)CCC3(CC(=O)O)CCN(CCSc4cc(F)cc(F)c4F)CC3)c2c1. The molecule has 1 atom stereocenters. The van der Waals surface area contributed by atoms with Crippen LogP contribution < -0.4 is 4.74 Å². The highest BCUT2D eigenvalue weighted by Gasteiger charge is 2.37. The third-order valence-corrected chi connectivity index (χ3v) is 8.69. The van der Waals surface area contributed by atoms with Crippen molar-refractivity contribution in [3.05, 3.63) is 65.1 Å². The monoisotopic (exact) mass is 580 g/mol. The van der Waals surface area contributed by atoms with Crippen LogP contribution in [0.15, 0.2) is 41.4 Å². The fraction of sp³-hybridized carbons (Fsp3) is 0.448. The quantitative estimate of drug-likeness (QED) is 0.148. The van der Waals surface area contributed by atoms with E-state index < -0.39 is 41.6 Å². The van der Waals surface area contributed by atoms with Crippen LogP contribution in [-0.4, -0.2) is 58.6 Å². The Labute approximate surface area is 234 Å². The molecule has 4 rings (SSSR count). The predicted octanol–water partition coefficient (Wildman–Crippen LogP) is 6.29. The molecule has 1 aliphatic heterocycles. The maximum Gasteiger partial charge on any atom is 0.303 e. The third kappa shape index (κ3) is 7.05. The first-order valence-corrected chi connectivity index (χ1v) is 14.0. The molecule has 40 heavy (non-hydrogen) atoms. The molecule has 0 aliphatic carbocycles. The molecule has 0 amide bonds. The van der Waals surface area contributed by atoms with E-state index in [9.17, 15) is 32.6 Å². The predicted molar refractivity (Wildman–Crippen MR) is 145 cm³/mol. The van der Waals surface area contributed by atoms with Gasteiger partial charge in [0.15, 0.2) is 11.6 Å². The van der Waals surface area contributed by atoms with Gasteiger partial charge in [-0.25, -0.2) is 17.6 Å². The number of aliphatic hydroxyl groups excluding tert-OH is 1. The van der Waals surface area contributed by atoms with Gasteiger partial charge in [0.05, 0.1) is 25.2 Å². The molecule has 2 aromatic carbocycles. The van der Waals surface area contributed by atoms with Crippen LogP contribution in [0.4, 0.5) is 17.6 Å². The van der Waals surface area contributed by atoms with Crippen LogP contribution in [-0.2, 0) is 11.5 Å². The van der Waals surface area contributed by atoms with Crippen molar-refractivity contribution in [2.45, 2.75) is 49.8 Å². The number of fused-ring (bicyclic) bond motifs is 1. The molecule has 0 bridgehead atoms. The van der Waals surface area contributed by atoms with Crippen LogP contribution in [0.2, 0.25) is 0 Å². The van der Waals surface area contributed by atoms with Gasteiger partial charge < -0.3 is 19.8 Å². The standard InChI is InChI=1S/C29H32F4N2O4S/c1-39-20-2-3-23-21(14-20)27(18(16-30)17-34-23)24(36)4-5-29(15-26(37)38)6-8-35(9-7-29)10-11-40-25-13-19(31)12-22(32)28(25)33/h2-3,12-14,17,24,36H,4-11,15-16H2,1H3,(H,37,38). The number of likely N-dealkylation sites (tertiary alicyclic amines) is 1. The summed E-state index contributed by atoms with van der Waals surface area (Å²) in [6.07, 6.45) is 2.15. The van der Waals surface area contributed by atoms with E-state index in [0.29, 0.717) is 72.9 Å². The zero-order chi connectivity index (χ0) is 28.9. The summed E-state index contributed by atoms with van der Waals surface area (Å²) in [5.74, 6) is -3.09. The van der Waals surface area contributed by atoms with Crippen molar-refractivity contribution in [3.63, 3.8) is 0 Å². The summed E-state index contributed by atoms with van der Waals surface area (Å²) in [6.45, 7) is 0.925. The van der Waals surface area contributed by atoms with E-state index in [2.05, 4.69) is 9.88 Å². The Balaban J connectivity index is 1.41. The average Bonchev–Trinajstić information content (AvgIpc) is 2.94. The molecule has 2 N–H and O–H groups in total. The summed E-state index contributed by atoms with van der Waals surface area (Å²) in [5, 5.41) is 21.5. The molecule has 0 spiro atoms. The van der Waals surface area contributed by atoms with E-state index in [1.165, 1.54) is 13.3 Å². The van der Waals surface area contributed by atoms with Crippen molar-refractivity contribution in [2.75, 3.05) is 32.5 Å². The number of nitrogens with zero attached hydrogens (tertiary/aromatic N) is 2. The minimum atomic E-state index is -1.22. The van der Waals surface area contributed by atoms with Crippen molar-refractivity contribution in [3.8, 4) is 5.75 Å². The minimum absolute atomic E-state index is 0.0586. The number of methoxy groups -OCH3 is 1. The molecule has 1 unspecified atom stereocenters. The number of piperidine rings is 1. The maximum atomic E-state index is 13.9. The Hall–Kier alpha value is -2.89. The largest absolute Gasteiger partial charge is 0.497 e. The molecule has 1 aliphatic rings. The Morgan fingerprint density at radius 2 is 1.95 bits per heavy atom. The molecule has 1 aromatic heterocycles. The molecule has 0 radical (unpaired) electrons. The molecule has 2 heterocycles. The van der Waals surface area contributed by atoms with E-state index in [1.54, 1.807) is 18.2 Å².